The molecular weight excluding hydrogens is 174 g/mol. The molecule has 1 unspecified atom stereocenters. The first-order valence-electron chi connectivity index (χ1n) is 5.43. The Hall–Kier alpha value is -0.790. The van der Waals surface area contributed by atoms with Crippen LogP contribution in [0.25, 0.3) is 0 Å². The van der Waals surface area contributed by atoms with Gasteiger partial charge in [-0.2, -0.15) is 0 Å². The van der Waals surface area contributed by atoms with Crippen molar-refractivity contribution >= 4 is 5.91 Å². The van der Waals surface area contributed by atoms with Crippen molar-refractivity contribution in [2.24, 2.45) is 5.41 Å². The van der Waals surface area contributed by atoms with Crippen molar-refractivity contribution in [3.05, 3.63) is 12.7 Å². The predicted octanol–water partition coefficient (Wildman–Crippen LogP) is 2.35. The molecule has 78 valence electrons. The number of carbonyl (C=O) groups is 1. The van der Waals surface area contributed by atoms with Crippen LogP contribution in [-0.2, 0) is 4.79 Å². The van der Waals surface area contributed by atoms with Gasteiger partial charge in [0.25, 0.3) is 0 Å². The highest BCUT2D eigenvalue weighted by Gasteiger charge is 2.62. The average molecular weight is 193 g/mol. The summed E-state index contributed by atoms with van der Waals surface area (Å²) in [7, 11) is 0. The van der Waals surface area contributed by atoms with Gasteiger partial charge in [-0.05, 0) is 40.0 Å². The van der Waals surface area contributed by atoms with Crippen LogP contribution in [0, 0.1) is 5.41 Å². The van der Waals surface area contributed by atoms with E-state index < -0.39 is 0 Å². The van der Waals surface area contributed by atoms with Gasteiger partial charge in [0.1, 0.15) is 0 Å². The van der Waals surface area contributed by atoms with E-state index in [0.717, 1.165) is 6.42 Å². The first kappa shape index (κ1) is 9.75. The third-order valence-corrected chi connectivity index (χ3v) is 3.71. The Morgan fingerprint density at radius 2 is 2.07 bits per heavy atom. The van der Waals surface area contributed by atoms with Crippen molar-refractivity contribution in [1.29, 1.82) is 0 Å². The van der Waals surface area contributed by atoms with E-state index in [-0.39, 0.29) is 16.9 Å². The lowest BCUT2D eigenvalue weighted by atomic mass is 9.87. The SMILES string of the molecule is C=CC1(C)CC2(CC2)N(C(C)C)C1=O. The minimum atomic E-state index is -0.305. The van der Waals surface area contributed by atoms with Gasteiger partial charge in [-0.3, -0.25) is 4.79 Å². The normalized spacial score (nSPS) is 34.3. The molecule has 1 saturated carbocycles. The second kappa shape index (κ2) is 2.62. The Morgan fingerprint density at radius 3 is 2.36 bits per heavy atom. The van der Waals surface area contributed by atoms with Crippen molar-refractivity contribution in [3.63, 3.8) is 0 Å². The smallest absolute Gasteiger partial charge is 0.233 e. The van der Waals surface area contributed by atoms with Gasteiger partial charge in [-0.25, -0.2) is 0 Å². The van der Waals surface area contributed by atoms with E-state index in [0.29, 0.717) is 6.04 Å². The molecule has 0 aromatic rings. The van der Waals surface area contributed by atoms with Gasteiger partial charge in [0.05, 0.1) is 5.41 Å². The molecule has 1 saturated heterocycles. The predicted molar refractivity (Wildman–Crippen MR) is 56.9 cm³/mol. The topological polar surface area (TPSA) is 20.3 Å². The molecule has 0 aromatic carbocycles. The molecule has 1 amide bonds. The van der Waals surface area contributed by atoms with Crippen LogP contribution < -0.4 is 0 Å². The van der Waals surface area contributed by atoms with Crippen molar-refractivity contribution in [2.45, 2.75) is 51.6 Å². The van der Waals surface area contributed by atoms with Crippen LogP contribution in [0.1, 0.15) is 40.0 Å². The molecule has 2 nitrogen and oxygen atoms in total. The van der Waals surface area contributed by atoms with Gasteiger partial charge in [-0.1, -0.05) is 6.08 Å². The van der Waals surface area contributed by atoms with Gasteiger partial charge >= 0.3 is 0 Å². The minimum absolute atomic E-state index is 0.203. The zero-order chi connectivity index (χ0) is 10.6. The summed E-state index contributed by atoms with van der Waals surface area (Å²) in [5.41, 5.74) is -0.102. The van der Waals surface area contributed by atoms with Crippen LogP contribution in [0.3, 0.4) is 0 Å². The molecule has 14 heavy (non-hydrogen) atoms. The Labute approximate surface area is 86.0 Å². The summed E-state index contributed by atoms with van der Waals surface area (Å²) in [5.74, 6) is 0.278. The van der Waals surface area contributed by atoms with E-state index in [1.54, 1.807) is 0 Å². The third kappa shape index (κ3) is 1.06. The van der Waals surface area contributed by atoms with Gasteiger partial charge in [0.2, 0.25) is 5.91 Å². The number of amides is 1. The van der Waals surface area contributed by atoms with Gasteiger partial charge in [-0.15, -0.1) is 6.58 Å². The molecule has 1 atom stereocenters. The van der Waals surface area contributed by atoms with E-state index >= 15 is 0 Å². The molecule has 2 rings (SSSR count). The van der Waals surface area contributed by atoms with E-state index in [1.807, 2.05) is 13.0 Å². The largest absolute Gasteiger partial charge is 0.334 e. The summed E-state index contributed by atoms with van der Waals surface area (Å²) >= 11 is 0. The second-order valence-electron chi connectivity index (χ2n) is 5.29. The van der Waals surface area contributed by atoms with Crippen molar-refractivity contribution in [3.8, 4) is 0 Å². The second-order valence-corrected chi connectivity index (χ2v) is 5.29. The maximum absolute atomic E-state index is 12.2. The summed E-state index contributed by atoms with van der Waals surface area (Å²) in [4.78, 5) is 14.3. The highest BCUT2D eigenvalue weighted by Crippen LogP contribution is 2.57. The number of hydrogen-bond donors (Lipinski definition) is 0. The Balaban J connectivity index is 2.35. The molecular formula is C12H19NO. The lowest BCUT2D eigenvalue weighted by Gasteiger charge is -2.28. The minimum Gasteiger partial charge on any atom is -0.334 e. The number of carbonyl (C=O) groups excluding carboxylic acids is 1. The maximum atomic E-state index is 12.2. The first-order valence-corrected chi connectivity index (χ1v) is 5.43. The quantitative estimate of drug-likeness (QED) is 0.616. The van der Waals surface area contributed by atoms with Crippen LogP contribution in [0.15, 0.2) is 12.7 Å². The summed E-state index contributed by atoms with van der Waals surface area (Å²) in [6.07, 6.45) is 5.17. The van der Waals surface area contributed by atoms with Crippen LogP contribution in [0.5, 0.6) is 0 Å². The van der Waals surface area contributed by atoms with E-state index in [4.69, 9.17) is 0 Å². The Kier molecular flexibility index (Phi) is 1.82. The highest BCUT2D eigenvalue weighted by atomic mass is 16.2. The summed E-state index contributed by atoms with van der Waals surface area (Å²) in [6.45, 7) is 10.0. The molecule has 2 heteroatoms. The average Bonchev–Trinajstić information content (AvgIpc) is 2.79. The molecule has 0 radical (unpaired) electrons. The molecule has 2 aliphatic rings. The Morgan fingerprint density at radius 1 is 1.50 bits per heavy atom. The standard InChI is InChI=1S/C12H19NO/c1-5-11(4)8-12(6-7-12)13(9(2)3)10(11)14/h5,9H,1,6-8H2,2-4H3. The zero-order valence-electron chi connectivity index (χ0n) is 9.34. The molecule has 0 N–H and O–H groups in total. The van der Waals surface area contributed by atoms with Gasteiger partial charge in [0.15, 0.2) is 0 Å². The number of hydrogen-bond acceptors (Lipinski definition) is 1. The fourth-order valence-electron chi connectivity index (χ4n) is 2.84. The molecule has 2 fully saturated rings. The van der Waals surface area contributed by atoms with Crippen LogP contribution in [-0.4, -0.2) is 22.4 Å². The fourth-order valence-corrected chi connectivity index (χ4v) is 2.84. The Bertz CT molecular complexity index is 291. The molecule has 1 heterocycles. The molecule has 0 bridgehead atoms. The lowest BCUT2D eigenvalue weighted by Crippen LogP contribution is -2.41. The molecule has 0 aromatic heterocycles. The third-order valence-electron chi connectivity index (χ3n) is 3.71. The maximum Gasteiger partial charge on any atom is 0.233 e. The van der Waals surface area contributed by atoms with Crippen LogP contribution >= 0.6 is 0 Å². The van der Waals surface area contributed by atoms with Crippen molar-refractivity contribution in [1.82, 2.24) is 4.90 Å². The number of nitrogens with zero attached hydrogens (tertiary/aromatic N) is 1. The van der Waals surface area contributed by atoms with Gasteiger partial charge in [0, 0.05) is 11.6 Å². The highest BCUT2D eigenvalue weighted by molar-refractivity contribution is 5.88. The monoisotopic (exact) mass is 193 g/mol. The van der Waals surface area contributed by atoms with Gasteiger partial charge < -0.3 is 4.90 Å². The summed E-state index contributed by atoms with van der Waals surface area (Å²) in [6, 6.07) is 0.326. The summed E-state index contributed by atoms with van der Waals surface area (Å²) < 4.78 is 0. The lowest BCUT2D eigenvalue weighted by molar-refractivity contribution is -0.136. The first-order chi connectivity index (χ1) is 6.45. The number of rotatable bonds is 2. The van der Waals surface area contributed by atoms with Crippen LogP contribution in [0.4, 0.5) is 0 Å². The van der Waals surface area contributed by atoms with E-state index in [1.165, 1.54) is 12.8 Å². The zero-order valence-corrected chi connectivity index (χ0v) is 9.34. The van der Waals surface area contributed by atoms with E-state index in [2.05, 4.69) is 25.3 Å². The van der Waals surface area contributed by atoms with Crippen molar-refractivity contribution in [2.75, 3.05) is 0 Å². The van der Waals surface area contributed by atoms with Crippen LogP contribution in [0.2, 0.25) is 0 Å². The van der Waals surface area contributed by atoms with E-state index in [9.17, 15) is 4.79 Å². The van der Waals surface area contributed by atoms with Crippen molar-refractivity contribution < 1.29 is 4.79 Å². The summed E-state index contributed by atoms with van der Waals surface area (Å²) in [5, 5.41) is 0. The molecule has 1 aliphatic carbocycles. The number of likely N-dealkylation sites (tertiary alicyclic amines) is 1. The molecule has 1 spiro atoms. The fraction of sp³-hybridized carbons (Fsp3) is 0.750. The molecule has 1 aliphatic heterocycles.